The van der Waals surface area contributed by atoms with Gasteiger partial charge in [-0.3, -0.25) is 9.59 Å². The molecule has 2 aromatic carbocycles. The highest BCUT2D eigenvalue weighted by molar-refractivity contribution is 9.10. The highest BCUT2D eigenvalue weighted by Crippen LogP contribution is 2.18. The summed E-state index contributed by atoms with van der Waals surface area (Å²) in [5.41, 5.74) is 3.21. The number of rotatable bonds is 8. The minimum atomic E-state index is -0.614. The Labute approximate surface area is 181 Å². The molecule has 0 aromatic heterocycles. The average Bonchev–Trinajstić information content (AvgIpc) is 2.67. The fraction of sp³-hybridized carbons (Fsp3) is 0.391. The van der Waals surface area contributed by atoms with E-state index in [2.05, 4.69) is 21.2 Å². The van der Waals surface area contributed by atoms with Crippen LogP contribution in [0.1, 0.15) is 37.5 Å². The number of hydrogen-bond donors (Lipinski definition) is 1. The second-order valence-electron chi connectivity index (χ2n) is 7.52. The molecule has 0 bridgehead atoms. The molecule has 29 heavy (non-hydrogen) atoms. The minimum Gasteiger partial charge on any atom is -0.484 e. The van der Waals surface area contributed by atoms with Crippen LogP contribution in [0.2, 0.25) is 0 Å². The van der Waals surface area contributed by atoms with Crippen molar-refractivity contribution in [3.8, 4) is 5.75 Å². The molecule has 5 nitrogen and oxygen atoms in total. The standard InChI is InChI=1S/C23H29BrN2O3/c1-15(2)25-23(28)18(5)26(13-19-7-9-20(24)10-8-19)22(27)14-29-21-11-6-16(3)17(4)12-21/h6-12,15,18H,13-14H2,1-5H3,(H,25,28)/t18-/m1/s1. The molecule has 2 rings (SSSR count). The summed E-state index contributed by atoms with van der Waals surface area (Å²) in [6.07, 6.45) is 0. The van der Waals surface area contributed by atoms with Gasteiger partial charge in [-0.1, -0.05) is 34.1 Å². The SMILES string of the molecule is Cc1ccc(OCC(=O)N(Cc2ccc(Br)cc2)[C@H](C)C(=O)NC(C)C)cc1C. The third kappa shape index (κ3) is 6.89. The van der Waals surface area contributed by atoms with Crippen molar-refractivity contribution < 1.29 is 14.3 Å². The minimum absolute atomic E-state index is 0.00127. The van der Waals surface area contributed by atoms with Gasteiger partial charge in [-0.25, -0.2) is 0 Å². The molecule has 0 spiro atoms. The Morgan fingerprint density at radius 3 is 2.28 bits per heavy atom. The van der Waals surface area contributed by atoms with Crippen molar-refractivity contribution in [1.82, 2.24) is 10.2 Å². The van der Waals surface area contributed by atoms with Gasteiger partial charge in [0.25, 0.3) is 5.91 Å². The van der Waals surface area contributed by atoms with Crippen molar-refractivity contribution in [2.45, 2.75) is 53.2 Å². The van der Waals surface area contributed by atoms with Gasteiger partial charge >= 0.3 is 0 Å². The molecular weight excluding hydrogens is 432 g/mol. The molecule has 0 saturated carbocycles. The molecule has 0 aliphatic carbocycles. The van der Waals surface area contributed by atoms with Crippen LogP contribution in [-0.4, -0.2) is 35.4 Å². The van der Waals surface area contributed by atoms with Gasteiger partial charge in [0.1, 0.15) is 11.8 Å². The number of amides is 2. The molecule has 156 valence electrons. The molecule has 2 amide bonds. The van der Waals surface area contributed by atoms with Crippen molar-refractivity contribution in [3.63, 3.8) is 0 Å². The van der Waals surface area contributed by atoms with Gasteiger partial charge in [0.2, 0.25) is 5.91 Å². The molecule has 1 N–H and O–H groups in total. The molecule has 1 atom stereocenters. The third-order valence-electron chi connectivity index (χ3n) is 4.71. The zero-order chi connectivity index (χ0) is 21.6. The Balaban J connectivity index is 2.15. The monoisotopic (exact) mass is 460 g/mol. The summed E-state index contributed by atoms with van der Waals surface area (Å²) in [5.74, 6) is 0.221. The van der Waals surface area contributed by atoms with Crippen molar-refractivity contribution in [2.24, 2.45) is 0 Å². The summed E-state index contributed by atoms with van der Waals surface area (Å²) >= 11 is 3.42. The topological polar surface area (TPSA) is 58.6 Å². The molecule has 0 unspecified atom stereocenters. The smallest absolute Gasteiger partial charge is 0.261 e. The number of halogens is 1. The second-order valence-corrected chi connectivity index (χ2v) is 8.44. The van der Waals surface area contributed by atoms with Crippen LogP contribution in [0, 0.1) is 13.8 Å². The van der Waals surface area contributed by atoms with E-state index in [1.54, 1.807) is 11.8 Å². The van der Waals surface area contributed by atoms with E-state index in [0.29, 0.717) is 12.3 Å². The summed E-state index contributed by atoms with van der Waals surface area (Å²) in [5, 5.41) is 2.88. The van der Waals surface area contributed by atoms with Crippen LogP contribution in [-0.2, 0) is 16.1 Å². The summed E-state index contributed by atoms with van der Waals surface area (Å²) in [7, 11) is 0. The summed E-state index contributed by atoms with van der Waals surface area (Å²) in [6, 6.07) is 12.8. The first-order valence-corrected chi connectivity index (χ1v) is 10.5. The van der Waals surface area contributed by atoms with Crippen molar-refractivity contribution in [1.29, 1.82) is 0 Å². The van der Waals surface area contributed by atoms with Crippen LogP contribution in [0.25, 0.3) is 0 Å². The zero-order valence-corrected chi connectivity index (χ0v) is 19.2. The average molecular weight is 461 g/mol. The molecule has 0 heterocycles. The predicted octanol–water partition coefficient (Wildman–Crippen LogP) is 4.39. The van der Waals surface area contributed by atoms with Gasteiger partial charge in [-0.15, -0.1) is 0 Å². The first kappa shape index (κ1) is 22.9. The number of hydrogen-bond acceptors (Lipinski definition) is 3. The van der Waals surface area contributed by atoms with Gasteiger partial charge in [0, 0.05) is 17.1 Å². The first-order valence-electron chi connectivity index (χ1n) is 9.71. The number of nitrogens with zero attached hydrogens (tertiary/aromatic N) is 1. The maximum absolute atomic E-state index is 13.0. The van der Waals surface area contributed by atoms with Crippen LogP contribution >= 0.6 is 15.9 Å². The Bertz CT molecular complexity index is 850. The van der Waals surface area contributed by atoms with Gasteiger partial charge in [0.05, 0.1) is 0 Å². The van der Waals surface area contributed by atoms with E-state index in [-0.39, 0.29) is 24.5 Å². The van der Waals surface area contributed by atoms with Crippen LogP contribution in [0.5, 0.6) is 5.75 Å². The number of aryl methyl sites for hydroxylation is 2. The normalized spacial score (nSPS) is 11.8. The molecule has 0 fully saturated rings. The van der Waals surface area contributed by atoms with Crippen LogP contribution in [0.4, 0.5) is 0 Å². The van der Waals surface area contributed by atoms with E-state index in [1.165, 1.54) is 5.56 Å². The fourth-order valence-corrected chi connectivity index (χ4v) is 3.07. The van der Waals surface area contributed by atoms with E-state index >= 15 is 0 Å². The predicted molar refractivity (Wildman–Crippen MR) is 119 cm³/mol. The van der Waals surface area contributed by atoms with Crippen molar-refractivity contribution in [3.05, 3.63) is 63.6 Å². The van der Waals surface area contributed by atoms with E-state index in [0.717, 1.165) is 15.6 Å². The van der Waals surface area contributed by atoms with Gasteiger partial charge in [-0.05, 0) is 75.6 Å². The van der Waals surface area contributed by atoms with E-state index in [1.807, 2.05) is 70.2 Å². The van der Waals surface area contributed by atoms with Crippen molar-refractivity contribution in [2.75, 3.05) is 6.61 Å². The number of ether oxygens (including phenoxy) is 1. The maximum atomic E-state index is 13.0. The fourth-order valence-electron chi connectivity index (χ4n) is 2.81. The zero-order valence-electron chi connectivity index (χ0n) is 17.7. The lowest BCUT2D eigenvalue weighted by Crippen LogP contribution is -2.50. The van der Waals surface area contributed by atoms with Gasteiger partial charge < -0.3 is 15.0 Å². The lowest BCUT2D eigenvalue weighted by atomic mass is 10.1. The van der Waals surface area contributed by atoms with Crippen LogP contribution < -0.4 is 10.1 Å². The molecular formula is C23H29BrN2O3. The lowest BCUT2D eigenvalue weighted by molar-refractivity contribution is -0.142. The number of nitrogens with one attached hydrogen (secondary N) is 1. The second kappa shape index (κ2) is 10.4. The highest BCUT2D eigenvalue weighted by atomic mass is 79.9. The lowest BCUT2D eigenvalue weighted by Gasteiger charge is -2.29. The summed E-state index contributed by atoms with van der Waals surface area (Å²) < 4.78 is 6.68. The van der Waals surface area contributed by atoms with Gasteiger partial charge in [-0.2, -0.15) is 0 Å². The number of carbonyl (C=O) groups excluding carboxylic acids is 2. The van der Waals surface area contributed by atoms with Gasteiger partial charge in [0.15, 0.2) is 6.61 Å². The van der Waals surface area contributed by atoms with E-state index < -0.39 is 6.04 Å². The number of carbonyl (C=O) groups is 2. The Kier molecular flexibility index (Phi) is 8.26. The van der Waals surface area contributed by atoms with E-state index in [4.69, 9.17) is 4.74 Å². The molecule has 0 aliphatic rings. The molecule has 0 saturated heterocycles. The van der Waals surface area contributed by atoms with Crippen LogP contribution in [0.15, 0.2) is 46.9 Å². The third-order valence-corrected chi connectivity index (χ3v) is 5.23. The maximum Gasteiger partial charge on any atom is 0.261 e. The quantitative estimate of drug-likeness (QED) is 0.635. The summed E-state index contributed by atoms with van der Waals surface area (Å²) in [4.78, 5) is 27.1. The largest absolute Gasteiger partial charge is 0.484 e. The molecule has 0 radical (unpaired) electrons. The highest BCUT2D eigenvalue weighted by Gasteiger charge is 2.26. The summed E-state index contributed by atoms with van der Waals surface area (Å²) in [6.45, 7) is 9.77. The number of benzene rings is 2. The molecule has 6 heteroatoms. The van der Waals surface area contributed by atoms with E-state index in [9.17, 15) is 9.59 Å². The molecule has 2 aromatic rings. The van der Waals surface area contributed by atoms with Crippen molar-refractivity contribution >= 4 is 27.7 Å². The first-order chi connectivity index (χ1) is 13.7. The Morgan fingerprint density at radius 2 is 1.69 bits per heavy atom. The van der Waals surface area contributed by atoms with Crippen LogP contribution in [0.3, 0.4) is 0 Å². The molecule has 0 aliphatic heterocycles. The Morgan fingerprint density at radius 1 is 1.03 bits per heavy atom. The Hall–Kier alpha value is -2.34.